The molecule has 0 saturated carbocycles. The lowest BCUT2D eigenvalue weighted by Crippen LogP contribution is -2.08. The first-order valence-electron chi connectivity index (χ1n) is 4.28. The molecular formula is C10H11FO4. The van der Waals surface area contributed by atoms with Gasteiger partial charge in [-0.25, -0.2) is 4.39 Å². The van der Waals surface area contributed by atoms with Gasteiger partial charge in [-0.05, 0) is 17.7 Å². The van der Waals surface area contributed by atoms with Gasteiger partial charge in [-0.15, -0.1) is 0 Å². The Morgan fingerprint density at radius 3 is 2.80 bits per heavy atom. The van der Waals surface area contributed by atoms with Crippen LogP contribution in [0.3, 0.4) is 0 Å². The standard InChI is InChI=1S/C10H11FO4/c1-15-10(14)5-9(13)6-2-3-8(12)7(11)4-6/h2-4,9,12-13H,5H2,1H3. The van der Waals surface area contributed by atoms with Crippen molar-refractivity contribution in [2.24, 2.45) is 0 Å². The normalized spacial score (nSPS) is 12.2. The third-order valence-electron chi connectivity index (χ3n) is 1.94. The molecule has 0 bridgehead atoms. The van der Waals surface area contributed by atoms with E-state index in [4.69, 9.17) is 5.11 Å². The fourth-order valence-electron chi connectivity index (χ4n) is 1.09. The van der Waals surface area contributed by atoms with E-state index in [0.29, 0.717) is 0 Å². The van der Waals surface area contributed by atoms with Gasteiger partial charge in [-0.3, -0.25) is 4.79 Å². The van der Waals surface area contributed by atoms with Crippen LogP contribution in [0.1, 0.15) is 18.1 Å². The van der Waals surface area contributed by atoms with Crippen molar-refractivity contribution in [1.82, 2.24) is 0 Å². The molecule has 0 aliphatic heterocycles. The van der Waals surface area contributed by atoms with Crippen molar-refractivity contribution in [3.05, 3.63) is 29.6 Å². The van der Waals surface area contributed by atoms with Crippen molar-refractivity contribution in [2.75, 3.05) is 7.11 Å². The first-order chi connectivity index (χ1) is 7.04. The molecule has 1 aromatic carbocycles. The van der Waals surface area contributed by atoms with Crippen LogP contribution >= 0.6 is 0 Å². The lowest BCUT2D eigenvalue weighted by atomic mass is 10.1. The van der Waals surface area contributed by atoms with Gasteiger partial charge in [0.2, 0.25) is 0 Å². The minimum absolute atomic E-state index is 0.218. The summed E-state index contributed by atoms with van der Waals surface area (Å²) in [6.45, 7) is 0. The Labute approximate surface area is 85.9 Å². The van der Waals surface area contributed by atoms with Crippen molar-refractivity contribution in [1.29, 1.82) is 0 Å². The van der Waals surface area contributed by atoms with Gasteiger partial charge >= 0.3 is 5.97 Å². The molecule has 0 spiro atoms. The molecule has 1 unspecified atom stereocenters. The van der Waals surface area contributed by atoms with Crippen molar-refractivity contribution >= 4 is 5.97 Å². The maximum absolute atomic E-state index is 12.9. The van der Waals surface area contributed by atoms with Crippen molar-refractivity contribution in [2.45, 2.75) is 12.5 Å². The molecule has 1 rings (SSSR count). The Kier molecular flexibility index (Phi) is 3.62. The highest BCUT2D eigenvalue weighted by atomic mass is 19.1. The Balaban J connectivity index is 2.78. The number of hydrogen-bond acceptors (Lipinski definition) is 4. The van der Waals surface area contributed by atoms with Gasteiger partial charge in [-0.2, -0.15) is 0 Å². The Morgan fingerprint density at radius 1 is 1.60 bits per heavy atom. The zero-order valence-corrected chi connectivity index (χ0v) is 8.11. The highest BCUT2D eigenvalue weighted by molar-refractivity contribution is 5.70. The second-order valence-corrected chi connectivity index (χ2v) is 3.01. The van der Waals surface area contributed by atoms with Crippen LogP contribution in [0.15, 0.2) is 18.2 Å². The van der Waals surface area contributed by atoms with Crippen LogP contribution in [0.25, 0.3) is 0 Å². The predicted molar refractivity (Wildman–Crippen MR) is 49.7 cm³/mol. The van der Waals surface area contributed by atoms with E-state index in [2.05, 4.69) is 4.74 Å². The first kappa shape index (κ1) is 11.5. The van der Waals surface area contributed by atoms with E-state index in [1.165, 1.54) is 13.2 Å². The number of aromatic hydroxyl groups is 1. The largest absolute Gasteiger partial charge is 0.505 e. The molecule has 5 heteroatoms. The number of aliphatic hydroxyl groups excluding tert-OH is 1. The Morgan fingerprint density at radius 2 is 2.27 bits per heavy atom. The molecule has 1 atom stereocenters. The second-order valence-electron chi connectivity index (χ2n) is 3.01. The smallest absolute Gasteiger partial charge is 0.308 e. The molecule has 0 heterocycles. The van der Waals surface area contributed by atoms with Gasteiger partial charge in [0, 0.05) is 0 Å². The zero-order chi connectivity index (χ0) is 11.4. The summed E-state index contributed by atoms with van der Waals surface area (Å²) in [4.78, 5) is 10.8. The number of carbonyl (C=O) groups excluding carboxylic acids is 1. The number of ether oxygens (including phenoxy) is 1. The van der Waals surface area contributed by atoms with Crippen molar-refractivity contribution in [3.63, 3.8) is 0 Å². The molecule has 2 N–H and O–H groups in total. The summed E-state index contributed by atoms with van der Waals surface area (Å²) < 4.78 is 17.2. The number of methoxy groups -OCH3 is 1. The predicted octanol–water partition coefficient (Wildman–Crippen LogP) is 1.13. The Hall–Kier alpha value is -1.62. The second kappa shape index (κ2) is 4.75. The molecule has 4 nitrogen and oxygen atoms in total. The summed E-state index contributed by atoms with van der Waals surface area (Å²) >= 11 is 0. The summed E-state index contributed by atoms with van der Waals surface area (Å²) in [5.74, 6) is -1.92. The van der Waals surface area contributed by atoms with Crippen LogP contribution < -0.4 is 0 Å². The van der Waals surface area contributed by atoms with E-state index in [1.807, 2.05) is 0 Å². The van der Waals surface area contributed by atoms with Crippen molar-refractivity contribution in [3.8, 4) is 5.75 Å². The van der Waals surface area contributed by atoms with Crippen LogP contribution in [0.5, 0.6) is 5.75 Å². The molecule has 0 fully saturated rings. The number of rotatable bonds is 3. The molecule has 0 radical (unpaired) electrons. The van der Waals surface area contributed by atoms with Gasteiger partial charge in [0.05, 0.1) is 19.6 Å². The van der Waals surface area contributed by atoms with E-state index >= 15 is 0 Å². The molecule has 0 aliphatic rings. The number of halogens is 1. The van der Waals surface area contributed by atoms with E-state index < -0.39 is 23.6 Å². The summed E-state index contributed by atoms with van der Waals surface area (Å²) in [6, 6.07) is 3.43. The lowest BCUT2D eigenvalue weighted by molar-refractivity contribution is -0.142. The average molecular weight is 214 g/mol. The van der Waals surface area contributed by atoms with Crippen molar-refractivity contribution < 1.29 is 24.1 Å². The first-order valence-corrected chi connectivity index (χ1v) is 4.28. The van der Waals surface area contributed by atoms with Crippen LogP contribution in [-0.2, 0) is 9.53 Å². The van der Waals surface area contributed by atoms with E-state index in [9.17, 15) is 14.3 Å². The van der Waals surface area contributed by atoms with E-state index in [0.717, 1.165) is 12.1 Å². The number of benzene rings is 1. The summed E-state index contributed by atoms with van der Waals surface area (Å²) in [5, 5.41) is 18.4. The Bertz CT molecular complexity index is 364. The third kappa shape index (κ3) is 2.92. The molecular weight excluding hydrogens is 203 g/mol. The van der Waals surface area contributed by atoms with Gasteiger partial charge in [-0.1, -0.05) is 6.07 Å². The number of carbonyl (C=O) groups is 1. The van der Waals surface area contributed by atoms with Crippen LogP contribution in [0.2, 0.25) is 0 Å². The fourth-order valence-corrected chi connectivity index (χ4v) is 1.09. The van der Waals surface area contributed by atoms with E-state index in [-0.39, 0.29) is 12.0 Å². The maximum Gasteiger partial charge on any atom is 0.308 e. The summed E-state index contributed by atoms with van der Waals surface area (Å²) in [5.41, 5.74) is 0.218. The van der Waals surface area contributed by atoms with Gasteiger partial charge in [0.15, 0.2) is 11.6 Å². The van der Waals surface area contributed by atoms with Gasteiger partial charge in [0.1, 0.15) is 0 Å². The minimum Gasteiger partial charge on any atom is -0.505 e. The van der Waals surface area contributed by atoms with E-state index in [1.54, 1.807) is 0 Å². The van der Waals surface area contributed by atoms with Crippen LogP contribution in [0.4, 0.5) is 4.39 Å². The molecule has 15 heavy (non-hydrogen) atoms. The molecule has 82 valence electrons. The maximum atomic E-state index is 12.9. The number of hydrogen-bond donors (Lipinski definition) is 2. The topological polar surface area (TPSA) is 66.8 Å². The number of aliphatic hydroxyl groups is 1. The lowest BCUT2D eigenvalue weighted by Gasteiger charge is -2.09. The monoisotopic (exact) mass is 214 g/mol. The molecule has 0 aromatic heterocycles. The number of phenols is 1. The van der Waals surface area contributed by atoms with Gasteiger partial charge in [0.25, 0.3) is 0 Å². The van der Waals surface area contributed by atoms with Crippen LogP contribution in [0, 0.1) is 5.82 Å². The third-order valence-corrected chi connectivity index (χ3v) is 1.94. The molecule has 0 amide bonds. The highest BCUT2D eigenvalue weighted by Crippen LogP contribution is 2.22. The quantitative estimate of drug-likeness (QED) is 0.740. The zero-order valence-electron chi connectivity index (χ0n) is 8.11. The number of phenolic OH excluding ortho intramolecular Hbond substituents is 1. The van der Waals surface area contributed by atoms with Crippen LogP contribution in [-0.4, -0.2) is 23.3 Å². The highest BCUT2D eigenvalue weighted by Gasteiger charge is 2.14. The fraction of sp³-hybridized carbons (Fsp3) is 0.300. The number of esters is 1. The average Bonchev–Trinajstić information content (AvgIpc) is 2.21. The summed E-state index contributed by atoms with van der Waals surface area (Å²) in [7, 11) is 1.20. The molecule has 0 aliphatic carbocycles. The van der Waals surface area contributed by atoms with Gasteiger partial charge < -0.3 is 14.9 Å². The minimum atomic E-state index is -1.13. The SMILES string of the molecule is COC(=O)CC(O)c1ccc(O)c(F)c1. The summed E-state index contributed by atoms with van der Waals surface area (Å²) in [6.07, 6.45) is -1.38. The molecule has 0 saturated heterocycles. The molecule has 1 aromatic rings.